The Morgan fingerprint density at radius 1 is 1.39 bits per heavy atom. The van der Waals surface area contributed by atoms with Gasteiger partial charge in [-0.2, -0.15) is 5.10 Å². The topological polar surface area (TPSA) is 74.6 Å². The molecule has 0 radical (unpaired) electrons. The molecule has 1 saturated heterocycles. The van der Waals surface area contributed by atoms with Crippen LogP contribution in [0.15, 0.2) is 41.7 Å². The van der Waals surface area contributed by atoms with Crippen LogP contribution in [0.2, 0.25) is 0 Å². The molecule has 2 heterocycles. The van der Waals surface area contributed by atoms with Crippen LogP contribution < -0.4 is 10.6 Å². The second-order valence-corrected chi connectivity index (χ2v) is 7.28. The van der Waals surface area contributed by atoms with Crippen LogP contribution >= 0.6 is 0 Å². The highest BCUT2D eigenvalue weighted by Gasteiger charge is 2.26. The highest BCUT2D eigenvalue weighted by Crippen LogP contribution is 2.26. The van der Waals surface area contributed by atoms with Crippen molar-refractivity contribution in [1.82, 2.24) is 20.0 Å². The first-order chi connectivity index (χ1) is 13.6. The molecule has 0 saturated carbocycles. The highest BCUT2D eigenvalue weighted by molar-refractivity contribution is 5.90. The molecule has 28 heavy (non-hydrogen) atoms. The summed E-state index contributed by atoms with van der Waals surface area (Å²) in [7, 11) is 3.77. The third-order valence-corrected chi connectivity index (χ3v) is 5.03. The number of likely N-dealkylation sites (tertiary alicyclic amines) is 1. The average molecular weight is 383 g/mol. The van der Waals surface area contributed by atoms with E-state index in [0.717, 1.165) is 43.1 Å². The minimum atomic E-state index is 0.0573. The van der Waals surface area contributed by atoms with Gasteiger partial charge < -0.3 is 15.5 Å². The maximum Gasteiger partial charge on any atom is 0.224 e. The van der Waals surface area contributed by atoms with Crippen LogP contribution in [0.5, 0.6) is 0 Å². The van der Waals surface area contributed by atoms with E-state index in [1.165, 1.54) is 5.56 Å². The van der Waals surface area contributed by atoms with Gasteiger partial charge in [0.15, 0.2) is 5.96 Å². The highest BCUT2D eigenvalue weighted by atomic mass is 16.1. The van der Waals surface area contributed by atoms with Gasteiger partial charge in [-0.1, -0.05) is 19.1 Å². The lowest BCUT2D eigenvalue weighted by Crippen LogP contribution is -2.39. The van der Waals surface area contributed by atoms with Gasteiger partial charge in [-0.15, -0.1) is 0 Å². The number of carbonyl (C=O) groups excluding carboxylic acids is 1. The number of guanidine groups is 1. The third kappa shape index (κ3) is 5.12. The van der Waals surface area contributed by atoms with Crippen molar-refractivity contribution in [3.63, 3.8) is 0 Å². The molecule has 7 heteroatoms. The first-order valence-electron chi connectivity index (χ1n) is 9.92. The van der Waals surface area contributed by atoms with Crippen LogP contribution in [-0.4, -0.2) is 46.7 Å². The normalized spacial score (nSPS) is 17.0. The molecule has 7 nitrogen and oxygen atoms in total. The summed E-state index contributed by atoms with van der Waals surface area (Å²) in [6.07, 6.45) is 6.55. The fourth-order valence-corrected chi connectivity index (χ4v) is 3.60. The van der Waals surface area contributed by atoms with Crippen molar-refractivity contribution in [1.29, 1.82) is 0 Å². The van der Waals surface area contributed by atoms with Crippen molar-refractivity contribution in [3.8, 4) is 0 Å². The number of rotatable bonds is 6. The van der Waals surface area contributed by atoms with E-state index in [2.05, 4.69) is 37.9 Å². The summed E-state index contributed by atoms with van der Waals surface area (Å²) in [6.45, 7) is 4.59. The molecule has 1 aliphatic rings. The molecule has 1 amide bonds. The lowest BCUT2D eigenvalue weighted by atomic mass is 10.0. The molecule has 1 aromatic heterocycles. The quantitative estimate of drug-likeness (QED) is 0.595. The molecule has 2 aromatic rings. The molecule has 0 bridgehead atoms. The van der Waals surface area contributed by atoms with Gasteiger partial charge >= 0.3 is 0 Å². The molecule has 1 unspecified atom stereocenters. The van der Waals surface area contributed by atoms with Gasteiger partial charge in [0.25, 0.3) is 0 Å². The number of hydrogen-bond donors (Lipinski definition) is 2. The van der Waals surface area contributed by atoms with Gasteiger partial charge in [0, 0.05) is 58.0 Å². The standard InChI is InChI=1S/C21H30N6O/c1-4-6-20(28)25-19-8-5-7-16(11-19)12-23-21(22-2)27-10-9-17(15-27)18-13-24-26(3)14-18/h5,7-8,11,13-14,17H,4,6,9-10,12,15H2,1-3H3,(H,22,23)(H,25,28). The molecule has 150 valence electrons. The van der Waals surface area contributed by atoms with E-state index in [1.807, 2.05) is 50.1 Å². The summed E-state index contributed by atoms with van der Waals surface area (Å²) in [5, 5.41) is 10.7. The number of anilines is 1. The van der Waals surface area contributed by atoms with Crippen molar-refractivity contribution in [2.75, 3.05) is 25.5 Å². The maximum atomic E-state index is 11.8. The first kappa shape index (κ1) is 19.9. The Hall–Kier alpha value is -2.83. The molecule has 1 aromatic carbocycles. The predicted octanol–water partition coefficient (Wildman–Crippen LogP) is 2.72. The van der Waals surface area contributed by atoms with Crippen LogP contribution in [-0.2, 0) is 18.4 Å². The Labute approximate surface area is 166 Å². The van der Waals surface area contributed by atoms with E-state index in [-0.39, 0.29) is 5.91 Å². The van der Waals surface area contributed by atoms with Crippen molar-refractivity contribution in [2.45, 2.75) is 38.6 Å². The van der Waals surface area contributed by atoms with Gasteiger partial charge in [-0.05, 0) is 36.1 Å². The number of amides is 1. The van der Waals surface area contributed by atoms with Crippen LogP contribution in [0.3, 0.4) is 0 Å². The van der Waals surface area contributed by atoms with Crippen LogP contribution in [0.1, 0.15) is 43.2 Å². The summed E-state index contributed by atoms with van der Waals surface area (Å²) in [5.41, 5.74) is 3.24. The lowest BCUT2D eigenvalue weighted by molar-refractivity contribution is -0.116. The Kier molecular flexibility index (Phi) is 6.68. The second kappa shape index (κ2) is 9.39. The Bertz CT molecular complexity index is 828. The minimum Gasteiger partial charge on any atom is -0.352 e. The second-order valence-electron chi connectivity index (χ2n) is 7.28. The molecule has 0 aliphatic carbocycles. The number of aromatic nitrogens is 2. The third-order valence-electron chi connectivity index (χ3n) is 5.03. The monoisotopic (exact) mass is 382 g/mol. The van der Waals surface area contributed by atoms with E-state index in [0.29, 0.717) is 18.9 Å². The van der Waals surface area contributed by atoms with Gasteiger partial charge in [0.05, 0.1) is 6.20 Å². The largest absolute Gasteiger partial charge is 0.352 e. The van der Waals surface area contributed by atoms with Gasteiger partial charge in [-0.25, -0.2) is 0 Å². The van der Waals surface area contributed by atoms with Crippen LogP contribution in [0.4, 0.5) is 5.69 Å². The number of benzene rings is 1. The minimum absolute atomic E-state index is 0.0573. The van der Waals surface area contributed by atoms with Gasteiger partial charge in [-0.3, -0.25) is 14.5 Å². The van der Waals surface area contributed by atoms with Crippen LogP contribution in [0, 0.1) is 0 Å². The van der Waals surface area contributed by atoms with E-state index < -0.39 is 0 Å². The van der Waals surface area contributed by atoms with Crippen molar-refractivity contribution in [2.24, 2.45) is 12.0 Å². The van der Waals surface area contributed by atoms with Crippen molar-refractivity contribution < 1.29 is 4.79 Å². The fourth-order valence-electron chi connectivity index (χ4n) is 3.60. The predicted molar refractivity (Wildman–Crippen MR) is 112 cm³/mol. The van der Waals surface area contributed by atoms with Gasteiger partial charge in [0.1, 0.15) is 0 Å². The molecule has 3 rings (SSSR count). The summed E-state index contributed by atoms with van der Waals surface area (Å²) in [5.74, 6) is 1.46. The Morgan fingerprint density at radius 2 is 2.25 bits per heavy atom. The zero-order chi connectivity index (χ0) is 19.9. The van der Waals surface area contributed by atoms with E-state index in [9.17, 15) is 4.79 Å². The maximum absolute atomic E-state index is 11.8. The zero-order valence-electron chi connectivity index (χ0n) is 17.0. The smallest absolute Gasteiger partial charge is 0.224 e. The SMILES string of the molecule is CCCC(=O)Nc1cccc(CNC(=NC)N2CCC(c3cnn(C)c3)C2)c1. The number of aryl methyl sites for hydroxylation is 1. The summed E-state index contributed by atoms with van der Waals surface area (Å²) < 4.78 is 1.86. The first-order valence-corrected chi connectivity index (χ1v) is 9.92. The van der Waals surface area contributed by atoms with Crippen molar-refractivity contribution >= 4 is 17.6 Å². The Morgan fingerprint density at radius 3 is 2.96 bits per heavy atom. The molecule has 1 fully saturated rings. The molecule has 0 spiro atoms. The number of hydrogen-bond acceptors (Lipinski definition) is 3. The lowest BCUT2D eigenvalue weighted by Gasteiger charge is -2.21. The van der Waals surface area contributed by atoms with E-state index in [4.69, 9.17) is 0 Å². The molecular formula is C21H30N6O. The fraction of sp³-hybridized carbons (Fsp3) is 0.476. The summed E-state index contributed by atoms with van der Waals surface area (Å²) in [4.78, 5) is 18.6. The Balaban J connectivity index is 1.55. The van der Waals surface area contributed by atoms with Gasteiger partial charge in [0.2, 0.25) is 5.91 Å². The van der Waals surface area contributed by atoms with Crippen LogP contribution in [0.25, 0.3) is 0 Å². The molecule has 1 aliphatic heterocycles. The number of nitrogens with one attached hydrogen (secondary N) is 2. The average Bonchev–Trinajstić information content (AvgIpc) is 3.32. The van der Waals surface area contributed by atoms with Crippen molar-refractivity contribution in [3.05, 3.63) is 47.8 Å². The van der Waals surface area contributed by atoms with E-state index in [1.54, 1.807) is 0 Å². The summed E-state index contributed by atoms with van der Waals surface area (Å²) >= 11 is 0. The molecule has 1 atom stereocenters. The number of nitrogens with zero attached hydrogens (tertiary/aromatic N) is 4. The number of aliphatic imine (C=N–C) groups is 1. The molecular weight excluding hydrogens is 352 g/mol. The van der Waals surface area contributed by atoms with E-state index >= 15 is 0 Å². The zero-order valence-corrected chi connectivity index (χ0v) is 17.0. The summed E-state index contributed by atoms with van der Waals surface area (Å²) in [6, 6.07) is 7.95. The molecule has 2 N–H and O–H groups in total. The number of carbonyl (C=O) groups is 1.